The normalized spacial score (nSPS) is 19.4. The Labute approximate surface area is 94.8 Å². The van der Waals surface area contributed by atoms with Crippen molar-refractivity contribution in [1.82, 2.24) is 0 Å². The van der Waals surface area contributed by atoms with Crippen molar-refractivity contribution in [3.05, 3.63) is 42.0 Å². The molecule has 0 spiro atoms. The molecule has 0 fully saturated rings. The molecule has 0 aliphatic heterocycles. The van der Waals surface area contributed by atoms with E-state index in [1.165, 1.54) is 0 Å². The number of carboxylic acids is 1. The van der Waals surface area contributed by atoms with Gasteiger partial charge in [-0.3, -0.25) is 0 Å². The first-order chi connectivity index (χ1) is 7.77. The molecule has 1 unspecified atom stereocenters. The van der Waals surface area contributed by atoms with Crippen LogP contribution in [0.1, 0.15) is 29.6 Å². The van der Waals surface area contributed by atoms with E-state index in [2.05, 4.69) is 17.5 Å². The Morgan fingerprint density at radius 3 is 2.81 bits per heavy atom. The minimum atomic E-state index is -0.880. The summed E-state index contributed by atoms with van der Waals surface area (Å²) < 4.78 is 0. The van der Waals surface area contributed by atoms with Gasteiger partial charge in [0.05, 0.1) is 5.56 Å². The largest absolute Gasteiger partial charge is 0.478 e. The molecule has 0 saturated heterocycles. The second-order valence-electron chi connectivity index (χ2n) is 3.98. The summed E-state index contributed by atoms with van der Waals surface area (Å²) in [6.07, 6.45) is 7.40. The molecule has 1 aromatic rings. The first kappa shape index (κ1) is 10.7. The van der Waals surface area contributed by atoms with Crippen LogP contribution in [0.3, 0.4) is 0 Å². The second kappa shape index (κ2) is 4.84. The van der Waals surface area contributed by atoms with Crippen LogP contribution in [0.4, 0.5) is 5.69 Å². The fourth-order valence-corrected chi connectivity index (χ4v) is 1.94. The molecule has 1 atom stereocenters. The predicted octanol–water partition coefficient (Wildman–Crippen LogP) is 2.91. The Hall–Kier alpha value is -1.77. The zero-order valence-electron chi connectivity index (χ0n) is 9.02. The molecule has 1 aromatic carbocycles. The number of carbonyl (C=O) groups is 1. The third-order valence-corrected chi connectivity index (χ3v) is 2.79. The number of hydrogen-bond donors (Lipinski definition) is 2. The van der Waals surface area contributed by atoms with Crippen LogP contribution < -0.4 is 5.32 Å². The van der Waals surface area contributed by atoms with Gasteiger partial charge in [0, 0.05) is 11.7 Å². The highest BCUT2D eigenvalue weighted by Gasteiger charge is 2.13. The van der Waals surface area contributed by atoms with E-state index in [4.69, 9.17) is 5.11 Å². The van der Waals surface area contributed by atoms with Crippen LogP contribution in [0.5, 0.6) is 0 Å². The third kappa shape index (κ3) is 2.42. The number of aromatic carboxylic acids is 1. The van der Waals surface area contributed by atoms with Gasteiger partial charge in [-0.25, -0.2) is 4.79 Å². The van der Waals surface area contributed by atoms with Gasteiger partial charge in [0.2, 0.25) is 0 Å². The minimum absolute atomic E-state index is 0.344. The molecule has 16 heavy (non-hydrogen) atoms. The number of para-hydroxylation sites is 1. The van der Waals surface area contributed by atoms with Gasteiger partial charge in [-0.05, 0) is 31.4 Å². The van der Waals surface area contributed by atoms with E-state index in [0.717, 1.165) is 24.9 Å². The molecule has 3 heteroatoms. The zero-order valence-corrected chi connectivity index (χ0v) is 9.02. The Morgan fingerprint density at radius 2 is 2.12 bits per heavy atom. The SMILES string of the molecule is O=C(O)c1ccccc1NC1CC=CCC1. The van der Waals surface area contributed by atoms with Gasteiger partial charge in [-0.1, -0.05) is 24.3 Å². The first-order valence-electron chi connectivity index (χ1n) is 5.51. The number of benzene rings is 1. The molecule has 1 aliphatic rings. The Morgan fingerprint density at radius 1 is 1.31 bits per heavy atom. The lowest BCUT2D eigenvalue weighted by atomic mass is 10.0. The van der Waals surface area contributed by atoms with Gasteiger partial charge in [-0.2, -0.15) is 0 Å². The molecule has 2 N–H and O–H groups in total. The van der Waals surface area contributed by atoms with E-state index < -0.39 is 5.97 Å². The molecule has 2 rings (SSSR count). The van der Waals surface area contributed by atoms with E-state index in [0.29, 0.717) is 11.6 Å². The number of anilines is 1. The summed E-state index contributed by atoms with van der Waals surface area (Å²) in [4.78, 5) is 11.0. The molecule has 0 heterocycles. The van der Waals surface area contributed by atoms with Crippen LogP contribution in [0.25, 0.3) is 0 Å². The van der Waals surface area contributed by atoms with Crippen molar-refractivity contribution in [3.63, 3.8) is 0 Å². The molecule has 0 radical (unpaired) electrons. The number of hydrogen-bond acceptors (Lipinski definition) is 2. The van der Waals surface area contributed by atoms with Crippen LogP contribution in [-0.4, -0.2) is 17.1 Å². The van der Waals surface area contributed by atoms with E-state index >= 15 is 0 Å². The third-order valence-electron chi connectivity index (χ3n) is 2.79. The molecular weight excluding hydrogens is 202 g/mol. The topological polar surface area (TPSA) is 49.3 Å². The van der Waals surface area contributed by atoms with Gasteiger partial charge >= 0.3 is 5.97 Å². The maximum Gasteiger partial charge on any atom is 0.337 e. The molecule has 0 amide bonds. The predicted molar refractivity (Wildman–Crippen MR) is 63.8 cm³/mol. The average molecular weight is 217 g/mol. The monoisotopic (exact) mass is 217 g/mol. The second-order valence-corrected chi connectivity index (χ2v) is 3.98. The zero-order chi connectivity index (χ0) is 11.4. The maximum absolute atomic E-state index is 11.0. The van der Waals surface area contributed by atoms with Crippen LogP contribution >= 0.6 is 0 Å². The molecule has 84 valence electrons. The fourth-order valence-electron chi connectivity index (χ4n) is 1.94. The van der Waals surface area contributed by atoms with Gasteiger partial charge in [-0.15, -0.1) is 0 Å². The number of allylic oxidation sites excluding steroid dienone is 1. The molecule has 0 bridgehead atoms. The number of nitrogens with one attached hydrogen (secondary N) is 1. The van der Waals surface area contributed by atoms with Crippen molar-refractivity contribution >= 4 is 11.7 Å². The summed E-state index contributed by atoms with van der Waals surface area (Å²) in [6.45, 7) is 0. The van der Waals surface area contributed by atoms with E-state index in [1.807, 2.05) is 12.1 Å². The fraction of sp³-hybridized carbons (Fsp3) is 0.308. The summed E-state index contributed by atoms with van der Waals surface area (Å²) in [6, 6.07) is 7.40. The van der Waals surface area contributed by atoms with Crippen LogP contribution in [0.15, 0.2) is 36.4 Å². The van der Waals surface area contributed by atoms with Gasteiger partial charge in [0.15, 0.2) is 0 Å². The van der Waals surface area contributed by atoms with Crippen LogP contribution in [-0.2, 0) is 0 Å². The van der Waals surface area contributed by atoms with Gasteiger partial charge in [0.25, 0.3) is 0 Å². The Kier molecular flexibility index (Phi) is 3.25. The lowest BCUT2D eigenvalue weighted by Gasteiger charge is -2.21. The highest BCUT2D eigenvalue weighted by atomic mass is 16.4. The molecule has 3 nitrogen and oxygen atoms in total. The smallest absolute Gasteiger partial charge is 0.337 e. The highest BCUT2D eigenvalue weighted by Crippen LogP contribution is 2.20. The van der Waals surface area contributed by atoms with Crippen molar-refractivity contribution in [1.29, 1.82) is 0 Å². The first-order valence-corrected chi connectivity index (χ1v) is 5.51. The summed E-state index contributed by atoms with van der Waals surface area (Å²) in [5.74, 6) is -0.880. The van der Waals surface area contributed by atoms with Crippen molar-refractivity contribution in [2.75, 3.05) is 5.32 Å². The lowest BCUT2D eigenvalue weighted by molar-refractivity contribution is 0.0698. The van der Waals surface area contributed by atoms with Gasteiger partial charge in [0.1, 0.15) is 0 Å². The number of rotatable bonds is 3. The van der Waals surface area contributed by atoms with Crippen molar-refractivity contribution in [2.45, 2.75) is 25.3 Å². The van der Waals surface area contributed by atoms with Crippen LogP contribution in [0.2, 0.25) is 0 Å². The summed E-state index contributed by atoms with van der Waals surface area (Å²) >= 11 is 0. The van der Waals surface area contributed by atoms with Crippen molar-refractivity contribution in [2.24, 2.45) is 0 Å². The average Bonchev–Trinajstić information content (AvgIpc) is 2.31. The molecule has 0 aromatic heterocycles. The lowest BCUT2D eigenvalue weighted by Crippen LogP contribution is -2.21. The van der Waals surface area contributed by atoms with Gasteiger partial charge < -0.3 is 10.4 Å². The van der Waals surface area contributed by atoms with E-state index in [9.17, 15) is 4.79 Å². The summed E-state index contributed by atoms with van der Waals surface area (Å²) in [5.41, 5.74) is 1.06. The minimum Gasteiger partial charge on any atom is -0.478 e. The van der Waals surface area contributed by atoms with Crippen molar-refractivity contribution in [3.8, 4) is 0 Å². The summed E-state index contributed by atoms with van der Waals surface area (Å²) in [5, 5.41) is 12.3. The quantitative estimate of drug-likeness (QED) is 0.765. The maximum atomic E-state index is 11.0. The van der Waals surface area contributed by atoms with E-state index in [1.54, 1.807) is 12.1 Å². The molecular formula is C13H15NO2. The highest BCUT2D eigenvalue weighted by molar-refractivity contribution is 5.94. The van der Waals surface area contributed by atoms with Crippen molar-refractivity contribution < 1.29 is 9.90 Å². The molecule has 0 saturated carbocycles. The number of carboxylic acid groups (broad SMARTS) is 1. The van der Waals surface area contributed by atoms with Crippen LogP contribution in [0, 0.1) is 0 Å². The Balaban J connectivity index is 2.14. The summed E-state index contributed by atoms with van der Waals surface area (Å²) in [7, 11) is 0. The van der Waals surface area contributed by atoms with E-state index in [-0.39, 0.29) is 0 Å². The molecule has 1 aliphatic carbocycles. The Bertz CT molecular complexity index is 412. The standard InChI is InChI=1S/C13H15NO2/c15-13(16)11-8-4-5-9-12(11)14-10-6-2-1-3-7-10/h1-2,4-5,8-10,14H,3,6-7H2,(H,15,16).